The first-order valence-corrected chi connectivity index (χ1v) is 13.7. The highest BCUT2D eigenvalue weighted by Crippen LogP contribution is 2.43. The van der Waals surface area contributed by atoms with Crippen molar-refractivity contribution in [1.29, 1.82) is 0 Å². The van der Waals surface area contributed by atoms with E-state index in [-0.39, 0.29) is 0 Å². The van der Waals surface area contributed by atoms with E-state index in [0.717, 1.165) is 93.5 Å². The predicted octanol–water partition coefficient (Wildman–Crippen LogP) is 6.27. The molecule has 0 spiro atoms. The highest BCUT2D eigenvalue weighted by molar-refractivity contribution is 6.16. The van der Waals surface area contributed by atoms with Crippen LogP contribution in [0.3, 0.4) is 0 Å². The highest BCUT2D eigenvalue weighted by Gasteiger charge is 2.23. The number of fused-ring (bicyclic) bond motifs is 4. The number of ether oxygens (including phenoxy) is 1. The quantitative estimate of drug-likeness (QED) is 0.286. The molecule has 0 radical (unpaired) electrons. The zero-order valence-electron chi connectivity index (χ0n) is 23.5. The van der Waals surface area contributed by atoms with Crippen molar-refractivity contribution >= 4 is 38.4 Å². The summed E-state index contributed by atoms with van der Waals surface area (Å²) >= 11 is 0. The summed E-state index contributed by atoms with van der Waals surface area (Å²) in [7, 11) is 3.89. The molecular formula is C32H32N6O2. The zero-order chi connectivity index (χ0) is 27.5. The van der Waals surface area contributed by atoms with Crippen LogP contribution >= 0.6 is 0 Å². The fourth-order valence-electron chi connectivity index (χ4n) is 6.18. The van der Waals surface area contributed by atoms with Crippen molar-refractivity contribution in [3.63, 3.8) is 0 Å². The van der Waals surface area contributed by atoms with E-state index in [4.69, 9.17) is 19.2 Å². The van der Waals surface area contributed by atoms with Crippen LogP contribution in [-0.2, 0) is 0 Å². The summed E-state index contributed by atoms with van der Waals surface area (Å²) < 4.78 is 11.4. The predicted molar refractivity (Wildman–Crippen MR) is 160 cm³/mol. The SMILES string of the molecule is COc1cc2c(cc1-c1c(C)noc1C)[nH]c1nc(C)nc(-c3ccc(N4CCN(C)CC4)c4ccccc34)c12. The number of anilines is 1. The van der Waals surface area contributed by atoms with Gasteiger partial charge in [0.1, 0.15) is 23.0 Å². The lowest BCUT2D eigenvalue weighted by atomic mass is 9.96. The molecule has 40 heavy (non-hydrogen) atoms. The number of hydrogen-bond acceptors (Lipinski definition) is 7. The molecule has 4 heterocycles. The molecule has 3 aromatic carbocycles. The molecule has 7 rings (SSSR count). The van der Waals surface area contributed by atoms with Crippen molar-refractivity contribution in [3.8, 4) is 28.1 Å². The second-order valence-corrected chi connectivity index (χ2v) is 10.7. The molecule has 0 amide bonds. The van der Waals surface area contributed by atoms with Crippen LogP contribution in [0.2, 0.25) is 0 Å². The Morgan fingerprint density at radius 1 is 0.875 bits per heavy atom. The molecule has 0 unspecified atom stereocenters. The number of rotatable bonds is 4. The van der Waals surface area contributed by atoms with Gasteiger partial charge in [-0.3, -0.25) is 0 Å². The minimum atomic E-state index is 0.721. The zero-order valence-corrected chi connectivity index (χ0v) is 23.5. The Hall–Kier alpha value is -4.43. The summed E-state index contributed by atoms with van der Waals surface area (Å²) in [5, 5.41) is 8.60. The molecule has 6 aromatic rings. The lowest BCUT2D eigenvalue weighted by molar-refractivity contribution is 0.313. The van der Waals surface area contributed by atoms with Crippen molar-refractivity contribution in [2.24, 2.45) is 0 Å². The molecule has 202 valence electrons. The van der Waals surface area contributed by atoms with E-state index < -0.39 is 0 Å². The molecule has 0 atom stereocenters. The number of nitrogens with one attached hydrogen (secondary N) is 1. The molecule has 1 saturated heterocycles. The topological polar surface area (TPSA) is 83.3 Å². The van der Waals surface area contributed by atoms with E-state index in [2.05, 4.69) is 75.5 Å². The van der Waals surface area contributed by atoms with E-state index in [1.165, 1.54) is 16.5 Å². The Morgan fingerprint density at radius 2 is 1.65 bits per heavy atom. The van der Waals surface area contributed by atoms with Crippen LogP contribution in [0.15, 0.2) is 53.1 Å². The van der Waals surface area contributed by atoms with E-state index in [0.29, 0.717) is 0 Å². The Balaban J connectivity index is 1.47. The van der Waals surface area contributed by atoms with Gasteiger partial charge in [-0.1, -0.05) is 35.5 Å². The van der Waals surface area contributed by atoms with Crippen LogP contribution in [0.1, 0.15) is 17.3 Å². The fourth-order valence-corrected chi connectivity index (χ4v) is 6.18. The average molecular weight is 533 g/mol. The molecule has 1 fully saturated rings. The van der Waals surface area contributed by atoms with Crippen molar-refractivity contribution in [2.45, 2.75) is 20.8 Å². The minimum Gasteiger partial charge on any atom is -0.496 e. The molecule has 0 bridgehead atoms. The van der Waals surface area contributed by atoms with Crippen LogP contribution in [0.5, 0.6) is 5.75 Å². The van der Waals surface area contributed by atoms with Crippen LogP contribution in [0.25, 0.3) is 55.1 Å². The maximum atomic E-state index is 5.90. The van der Waals surface area contributed by atoms with Gasteiger partial charge in [0, 0.05) is 59.3 Å². The molecule has 1 aliphatic rings. The number of H-pyrrole nitrogens is 1. The Morgan fingerprint density at radius 3 is 2.38 bits per heavy atom. The number of aryl methyl sites for hydroxylation is 3. The monoisotopic (exact) mass is 532 g/mol. The van der Waals surface area contributed by atoms with Gasteiger partial charge >= 0.3 is 0 Å². The van der Waals surface area contributed by atoms with Crippen molar-refractivity contribution in [3.05, 3.63) is 65.8 Å². The lowest BCUT2D eigenvalue weighted by Crippen LogP contribution is -2.44. The van der Waals surface area contributed by atoms with Crippen molar-refractivity contribution < 1.29 is 9.26 Å². The average Bonchev–Trinajstić information content (AvgIpc) is 3.49. The highest BCUT2D eigenvalue weighted by atomic mass is 16.5. The number of nitrogens with zero attached hydrogens (tertiary/aromatic N) is 5. The summed E-state index contributed by atoms with van der Waals surface area (Å²) in [6, 6.07) is 17.3. The number of methoxy groups -OCH3 is 1. The number of hydrogen-bond donors (Lipinski definition) is 1. The number of aromatic amines is 1. The molecule has 1 N–H and O–H groups in total. The van der Waals surface area contributed by atoms with Gasteiger partial charge in [0.15, 0.2) is 0 Å². The molecule has 0 aliphatic carbocycles. The largest absolute Gasteiger partial charge is 0.496 e. The number of aromatic nitrogens is 4. The summed E-state index contributed by atoms with van der Waals surface area (Å²) in [4.78, 5) is 18.3. The van der Waals surface area contributed by atoms with Gasteiger partial charge in [-0.15, -0.1) is 0 Å². The summed E-state index contributed by atoms with van der Waals surface area (Å²) in [6.07, 6.45) is 0. The second-order valence-electron chi connectivity index (χ2n) is 10.7. The Labute approximate surface area is 232 Å². The first-order chi connectivity index (χ1) is 19.4. The summed E-state index contributed by atoms with van der Waals surface area (Å²) in [5.41, 5.74) is 7.78. The Bertz CT molecular complexity index is 1890. The smallest absolute Gasteiger partial charge is 0.142 e. The van der Waals surface area contributed by atoms with E-state index in [1.807, 2.05) is 20.8 Å². The van der Waals surface area contributed by atoms with Crippen LogP contribution in [-0.4, -0.2) is 65.3 Å². The maximum absolute atomic E-state index is 5.90. The number of benzene rings is 3. The van der Waals surface area contributed by atoms with Gasteiger partial charge in [0.25, 0.3) is 0 Å². The van der Waals surface area contributed by atoms with Gasteiger partial charge < -0.3 is 24.0 Å². The maximum Gasteiger partial charge on any atom is 0.142 e. The molecule has 8 nitrogen and oxygen atoms in total. The minimum absolute atomic E-state index is 0.721. The molecule has 8 heteroatoms. The van der Waals surface area contributed by atoms with Crippen molar-refractivity contribution in [2.75, 3.05) is 45.2 Å². The van der Waals surface area contributed by atoms with Crippen molar-refractivity contribution in [1.82, 2.24) is 25.0 Å². The first kappa shape index (κ1) is 24.6. The normalized spacial score (nSPS) is 14.6. The van der Waals surface area contributed by atoms with Gasteiger partial charge in [-0.05, 0) is 51.4 Å². The third kappa shape index (κ3) is 3.82. The van der Waals surface area contributed by atoms with E-state index in [1.54, 1.807) is 7.11 Å². The third-order valence-electron chi connectivity index (χ3n) is 8.19. The number of likely N-dealkylation sites (N-methyl/N-ethyl adjacent to an activating group) is 1. The van der Waals surface area contributed by atoms with Gasteiger partial charge in [-0.25, -0.2) is 9.97 Å². The Kier molecular flexibility index (Phi) is 5.75. The summed E-state index contributed by atoms with van der Waals surface area (Å²) in [6.45, 7) is 9.99. The number of piperazine rings is 1. The van der Waals surface area contributed by atoms with Crippen LogP contribution in [0, 0.1) is 20.8 Å². The van der Waals surface area contributed by atoms with Crippen LogP contribution < -0.4 is 9.64 Å². The summed E-state index contributed by atoms with van der Waals surface area (Å²) in [5.74, 6) is 2.23. The molecule has 0 saturated carbocycles. The van der Waals surface area contributed by atoms with Gasteiger partial charge in [0.05, 0.1) is 29.4 Å². The lowest BCUT2D eigenvalue weighted by Gasteiger charge is -2.35. The molecule has 3 aromatic heterocycles. The van der Waals surface area contributed by atoms with E-state index in [9.17, 15) is 0 Å². The van der Waals surface area contributed by atoms with Gasteiger partial charge in [0.2, 0.25) is 0 Å². The standard InChI is InChI=1S/C32H32N6O2/c1-18-29(19(2)40-36-18)25-16-26-24(17-28(25)39-5)30-31(33-20(3)34-32(30)35-26)23-10-11-27(22-9-7-6-8-21(22)23)38-14-12-37(4)13-15-38/h6-11,16-17H,12-15H2,1-5H3,(H,33,34,35). The molecular weight excluding hydrogens is 500 g/mol. The van der Waals surface area contributed by atoms with E-state index >= 15 is 0 Å². The third-order valence-corrected chi connectivity index (χ3v) is 8.19. The molecule has 1 aliphatic heterocycles. The first-order valence-electron chi connectivity index (χ1n) is 13.7. The van der Waals surface area contributed by atoms with Gasteiger partial charge in [-0.2, -0.15) is 0 Å². The second kappa shape index (κ2) is 9.34. The van der Waals surface area contributed by atoms with Crippen LogP contribution in [0.4, 0.5) is 5.69 Å². The fraction of sp³-hybridized carbons (Fsp3) is 0.281.